The van der Waals surface area contributed by atoms with Crippen LogP contribution >= 0.6 is 0 Å². The zero-order valence-electron chi connectivity index (χ0n) is 10.8. The molecule has 1 aromatic carbocycles. The quantitative estimate of drug-likeness (QED) is 0.873. The van der Waals surface area contributed by atoms with Crippen molar-refractivity contribution in [3.8, 4) is 0 Å². The second-order valence-corrected chi connectivity index (χ2v) is 5.23. The standard InChI is InChI=1S/C15H22FNO/c16-15-3-1-2-13(10-15)9-14(11-17)8-12-4-6-18-7-5-12/h1-3,10,12,14H,4-9,11,17H2. The average Bonchev–Trinajstić information content (AvgIpc) is 2.39. The first-order chi connectivity index (χ1) is 8.78. The van der Waals surface area contributed by atoms with E-state index in [9.17, 15) is 4.39 Å². The highest BCUT2D eigenvalue weighted by Crippen LogP contribution is 2.24. The molecule has 0 saturated carbocycles. The number of benzene rings is 1. The van der Waals surface area contributed by atoms with Crippen LogP contribution in [-0.4, -0.2) is 19.8 Å². The maximum Gasteiger partial charge on any atom is 0.123 e. The summed E-state index contributed by atoms with van der Waals surface area (Å²) in [5.41, 5.74) is 6.90. The van der Waals surface area contributed by atoms with Gasteiger partial charge < -0.3 is 10.5 Å². The summed E-state index contributed by atoms with van der Waals surface area (Å²) in [7, 11) is 0. The number of rotatable bonds is 5. The molecule has 1 unspecified atom stereocenters. The van der Waals surface area contributed by atoms with E-state index in [2.05, 4.69) is 0 Å². The van der Waals surface area contributed by atoms with E-state index in [4.69, 9.17) is 10.5 Å². The topological polar surface area (TPSA) is 35.2 Å². The molecule has 1 aliphatic heterocycles. The van der Waals surface area contributed by atoms with Gasteiger partial charge in [0.2, 0.25) is 0 Å². The Morgan fingerprint density at radius 1 is 1.33 bits per heavy atom. The van der Waals surface area contributed by atoms with Crippen molar-refractivity contribution in [2.75, 3.05) is 19.8 Å². The summed E-state index contributed by atoms with van der Waals surface area (Å²) in [6.45, 7) is 2.43. The van der Waals surface area contributed by atoms with E-state index in [1.54, 1.807) is 12.1 Å². The van der Waals surface area contributed by atoms with Crippen molar-refractivity contribution in [1.29, 1.82) is 0 Å². The molecule has 18 heavy (non-hydrogen) atoms. The van der Waals surface area contributed by atoms with Crippen LogP contribution in [0.4, 0.5) is 4.39 Å². The van der Waals surface area contributed by atoms with Crippen LogP contribution in [0.3, 0.4) is 0 Å². The van der Waals surface area contributed by atoms with Crippen LogP contribution in [0.5, 0.6) is 0 Å². The lowest BCUT2D eigenvalue weighted by molar-refractivity contribution is 0.0589. The van der Waals surface area contributed by atoms with E-state index < -0.39 is 0 Å². The first-order valence-electron chi connectivity index (χ1n) is 6.80. The largest absolute Gasteiger partial charge is 0.381 e. The zero-order chi connectivity index (χ0) is 12.8. The molecule has 2 rings (SSSR count). The lowest BCUT2D eigenvalue weighted by Gasteiger charge is -2.26. The van der Waals surface area contributed by atoms with Gasteiger partial charge in [-0.2, -0.15) is 0 Å². The SMILES string of the molecule is NCC(Cc1cccc(F)c1)CC1CCOCC1. The number of halogens is 1. The fourth-order valence-corrected chi connectivity index (χ4v) is 2.71. The number of nitrogens with two attached hydrogens (primary N) is 1. The molecule has 0 spiro atoms. The molecule has 1 aromatic rings. The molecule has 1 fully saturated rings. The van der Waals surface area contributed by atoms with Gasteiger partial charge in [-0.15, -0.1) is 0 Å². The van der Waals surface area contributed by atoms with Gasteiger partial charge in [-0.25, -0.2) is 4.39 Å². The van der Waals surface area contributed by atoms with E-state index in [-0.39, 0.29) is 5.82 Å². The van der Waals surface area contributed by atoms with Crippen molar-refractivity contribution in [3.05, 3.63) is 35.6 Å². The first-order valence-corrected chi connectivity index (χ1v) is 6.80. The number of hydrogen-bond donors (Lipinski definition) is 1. The van der Waals surface area contributed by atoms with Crippen molar-refractivity contribution in [1.82, 2.24) is 0 Å². The molecule has 2 N–H and O–H groups in total. The van der Waals surface area contributed by atoms with Gasteiger partial charge in [-0.3, -0.25) is 0 Å². The zero-order valence-corrected chi connectivity index (χ0v) is 10.8. The molecule has 3 heteroatoms. The number of ether oxygens (including phenoxy) is 1. The summed E-state index contributed by atoms with van der Waals surface area (Å²) in [4.78, 5) is 0. The van der Waals surface area contributed by atoms with E-state index in [0.717, 1.165) is 50.4 Å². The summed E-state index contributed by atoms with van der Waals surface area (Å²) in [5, 5.41) is 0. The fourth-order valence-electron chi connectivity index (χ4n) is 2.71. The van der Waals surface area contributed by atoms with E-state index in [0.29, 0.717) is 12.5 Å². The van der Waals surface area contributed by atoms with Gasteiger partial charge in [0.05, 0.1) is 0 Å². The van der Waals surface area contributed by atoms with E-state index in [1.165, 1.54) is 6.07 Å². The van der Waals surface area contributed by atoms with Crippen LogP contribution in [0.15, 0.2) is 24.3 Å². The normalized spacial score (nSPS) is 18.8. The third kappa shape index (κ3) is 4.07. The molecule has 0 bridgehead atoms. The Labute approximate surface area is 108 Å². The van der Waals surface area contributed by atoms with Crippen LogP contribution in [0.2, 0.25) is 0 Å². The highest BCUT2D eigenvalue weighted by Gasteiger charge is 2.18. The van der Waals surface area contributed by atoms with Crippen LogP contribution < -0.4 is 5.73 Å². The van der Waals surface area contributed by atoms with Gasteiger partial charge in [0.25, 0.3) is 0 Å². The molecule has 0 aromatic heterocycles. The third-order valence-corrected chi connectivity index (χ3v) is 3.75. The molecular formula is C15H22FNO. The van der Waals surface area contributed by atoms with Gasteiger partial charge in [0.1, 0.15) is 5.82 Å². The van der Waals surface area contributed by atoms with Gasteiger partial charge in [-0.1, -0.05) is 12.1 Å². The van der Waals surface area contributed by atoms with Crippen LogP contribution in [0.1, 0.15) is 24.8 Å². The Bertz CT molecular complexity index is 363. The lowest BCUT2D eigenvalue weighted by Crippen LogP contribution is -2.24. The monoisotopic (exact) mass is 251 g/mol. The lowest BCUT2D eigenvalue weighted by atomic mass is 9.85. The molecular weight excluding hydrogens is 229 g/mol. The Hall–Kier alpha value is -0.930. The summed E-state index contributed by atoms with van der Waals surface area (Å²) in [6.07, 6.45) is 4.29. The second-order valence-electron chi connectivity index (χ2n) is 5.23. The summed E-state index contributed by atoms with van der Waals surface area (Å²) in [6, 6.07) is 6.86. The maximum atomic E-state index is 13.1. The third-order valence-electron chi connectivity index (χ3n) is 3.75. The fraction of sp³-hybridized carbons (Fsp3) is 0.600. The average molecular weight is 251 g/mol. The minimum atomic E-state index is -0.158. The molecule has 2 nitrogen and oxygen atoms in total. The number of hydrogen-bond acceptors (Lipinski definition) is 2. The molecule has 1 heterocycles. The molecule has 1 atom stereocenters. The van der Waals surface area contributed by atoms with Crippen molar-refractivity contribution < 1.29 is 9.13 Å². The summed E-state index contributed by atoms with van der Waals surface area (Å²) < 4.78 is 18.5. The highest BCUT2D eigenvalue weighted by molar-refractivity contribution is 5.16. The Morgan fingerprint density at radius 3 is 2.78 bits per heavy atom. The molecule has 0 amide bonds. The minimum Gasteiger partial charge on any atom is -0.381 e. The molecule has 1 saturated heterocycles. The van der Waals surface area contributed by atoms with Crippen LogP contribution in [0.25, 0.3) is 0 Å². The van der Waals surface area contributed by atoms with E-state index >= 15 is 0 Å². The van der Waals surface area contributed by atoms with Crippen molar-refractivity contribution in [2.45, 2.75) is 25.7 Å². The van der Waals surface area contributed by atoms with E-state index in [1.807, 2.05) is 6.07 Å². The molecule has 0 aliphatic carbocycles. The maximum absolute atomic E-state index is 13.1. The Kier molecular flexibility index (Phi) is 5.14. The van der Waals surface area contributed by atoms with Crippen molar-refractivity contribution in [3.63, 3.8) is 0 Å². The highest BCUT2D eigenvalue weighted by atomic mass is 19.1. The Morgan fingerprint density at radius 2 is 2.11 bits per heavy atom. The summed E-state index contributed by atoms with van der Waals surface area (Å²) >= 11 is 0. The summed E-state index contributed by atoms with van der Waals surface area (Å²) in [5.74, 6) is 1.02. The van der Waals surface area contributed by atoms with Crippen molar-refractivity contribution in [2.24, 2.45) is 17.6 Å². The Balaban J connectivity index is 1.88. The van der Waals surface area contributed by atoms with Gasteiger partial charge in [0, 0.05) is 13.2 Å². The van der Waals surface area contributed by atoms with Crippen LogP contribution in [0, 0.1) is 17.7 Å². The van der Waals surface area contributed by atoms with Gasteiger partial charge in [-0.05, 0) is 61.8 Å². The molecule has 0 radical (unpaired) electrons. The van der Waals surface area contributed by atoms with Crippen molar-refractivity contribution >= 4 is 0 Å². The second kappa shape index (κ2) is 6.86. The predicted octanol–water partition coefficient (Wildman–Crippen LogP) is 2.76. The predicted molar refractivity (Wildman–Crippen MR) is 70.8 cm³/mol. The van der Waals surface area contributed by atoms with Gasteiger partial charge in [0.15, 0.2) is 0 Å². The minimum absolute atomic E-state index is 0.158. The smallest absolute Gasteiger partial charge is 0.123 e. The molecule has 100 valence electrons. The first kappa shape index (κ1) is 13.5. The van der Waals surface area contributed by atoms with Gasteiger partial charge >= 0.3 is 0 Å². The molecule has 1 aliphatic rings. The van der Waals surface area contributed by atoms with Crippen LogP contribution in [-0.2, 0) is 11.2 Å².